The van der Waals surface area contributed by atoms with Crippen LogP contribution in [0.15, 0.2) is 60.8 Å². The maximum absolute atomic E-state index is 5.95. The van der Waals surface area contributed by atoms with Crippen molar-refractivity contribution in [3.05, 3.63) is 71.9 Å². The fourth-order valence-corrected chi connectivity index (χ4v) is 3.61. The van der Waals surface area contributed by atoms with Crippen LogP contribution in [0.25, 0.3) is 22.0 Å². The lowest BCUT2D eigenvalue weighted by Crippen LogP contribution is -1.94. The molecule has 0 aliphatic carbocycles. The zero-order chi connectivity index (χ0) is 14.0. The minimum absolute atomic E-state index is 0.151. The molecular formula is C19H15NO. The van der Waals surface area contributed by atoms with E-state index in [-0.39, 0.29) is 12.2 Å². The van der Waals surface area contributed by atoms with Gasteiger partial charge in [0.1, 0.15) is 12.2 Å². The molecule has 2 aliphatic heterocycles. The van der Waals surface area contributed by atoms with Gasteiger partial charge in [-0.05, 0) is 28.8 Å². The maximum Gasteiger partial charge on any atom is 0.102 e. The van der Waals surface area contributed by atoms with Crippen LogP contribution in [-0.2, 0) is 11.8 Å². The molecule has 2 aromatic carbocycles. The molecule has 2 atom stereocenters. The van der Waals surface area contributed by atoms with Gasteiger partial charge in [-0.25, -0.2) is 0 Å². The quantitative estimate of drug-likeness (QED) is 0.594. The Hall–Kier alpha value is -2.32. The summed E-state index contributed by atoms with van der Waals surface area (Å²) in [5.41, 5.74) is 6.50. The van der Waals surface area contributed by atoms with E-state index in [1.807, 2.05) is 0 Å². The van der Waals surface area contributed by atoms with Gasteiger partial charge in [0.2, 0.25) is 0 Å². The van der Waals surface area contributed by atoms with Crippen molar-refractivity contribution in [1.29, 1.82) is 0 Å². The first-order chi connectivity index (χ1) is 10.3. The zero-order valence-electron chi connectivity index (χ0n) is 11.8. The minimum Gasteiger partial charge on any atom is -0.357 e. The number of nitrogens with zero attached hydrogens (tertiary/aromatic N) is 1. The highest BCUT2D eigenvalue weighted by Crippen LogP contribution is 2.48. The van der Waals surface area contributed by atoms with E-state index < -0.39 is 0 Å². The van der Waals surface area contributed by atoms with Crippen molar-refractivity contribution in [2.45, 2.75) is 12.2 Å². The van der Waals surface area contributed by atoms with Crippen LogP contribution < -0.4 is 0 Å². The molecule has 2 unspecified atom stereocenters. The molecule has 2 bridgehead atoms. The molecule has 0 fully saturated rings. The molecular weight excluding hydrogens is 258 g/mol. The zero-order valence-corrected chi connectivity index (χ0v) is 11.8. The van der Waals surface area contributed by atoms with E-state index in [0.29, 0.717) is 0 Å². The van der Waals surface area contributed by atoms with E-state index >= 15 is 0 Å². The van der Waals surface area contributed by atoms with Crippen LogP contribution in [-0.4, -0.2) is 4.57 Å². The van der Waals surface area contributed by atoms with Crippen molar-refractivity contribution in [2.75, 3.05) is 0 Å². The third-order valence-corrected chi connectivity index (χ3v) is 4.65. The Morgan fingerprint density at radius 3 is 2.43 bits per heavy atom. The Morgan fingerprint density at radius 2 is 1.67 bits per heavy atom. The lowest BCUT2D eigenvalue weighted by molar-refractivity contribution is 0.0879. The number of hydrogen-bond donors (Lipinski definition) is 0. The number of aromatic nitrogens is 1. The fraction of sp³-hybridized carbons (Fsp3) is 0.158. The summed E-state index contributed by atoms with van der Waals surface area (Å²) in [4.78, 5) is 0. The highest BCUT2D eigenvalue weighted by atomic mass is 16.5. The smallest absolute Gasteiger partial charge is 0.102 e. The second-order valence-corrected chi connectivity index (χ2v) is 5.88. The van der Waals surface area contributed by atoms with Crippen molar-refractivity contribution < 1.29 is 4.74 Å². The molecule has 2 aliphatic rings. The largest absolute Gasteiger partial charge is 0.357 e. The van der Waals surface area contributed by atoms with Crippen LogP contribution >= 0.6 is 0 Å². The van der Waals surface area contributed by atoms with Gasteiger partial charge in [0.05, 0.1) is 0 Å². The van der Waals surface area contributed by atoms with Crippen molar-refractivity contribution >= 4 is 10.9 Å². The number of hydrogen-bond acceptors (Lipinski definition) is 1. The van der Waals surface area contributed by atoms with Gasteiger partial charge >= 0.3 is 0 Å². The van der Waals surface area contributed by atoms with Crippen LogP contribution in [0.5, 0.6) is 0 Å². The van der Waals surface area contributed by atoms with Gasteiger partial charge in [-0.15, -0.1) is 0 Å². The molecule has 102 valence electrons. The second-order valence-electron chi connectivity index (χ2n) is 5.88. The van der Waals surface area contributed by atoms with Crippen molar-refractivity contribution in [3.63, 3.8) is 0 Å². The number of aryl methyl sites for hydroxylation is 1. The summed E-state index contributed by atoms with van der Waals surface area (Å²) in [6.45, 7) is 0. The number of ether oxygens (including phenoxy) is 1. The Kier molecular flexibility index (Phi) is 2.09. The summed E-state index contributed by atoms with van der Waals surface area (Å²) < 4.78 is 8.16. The number of benzene rings is 2. The van der Waals surface area contributed by atoms with E-state index in [4.69, 9.17) is 4.74 Å². The Balaban J connectivity index is 1.81. The van der Waals surface area contributed by atoms with E-state index in [2.05, 4.69) is 72.4 Å². The molecule has 0 amide bonds. The highest BCUT2D eigenvalue weighted by molar-refractivity contribution is 5.97. The monoisotopic (exact) mass is 273 g/mol. The van der Waals surface area contributed by atoms with Gasteiger partial charge in [0.15, 0.2) is 0 Å². The molecule has 2 nitrogen and oxygen atoms in total. The summed E-state index contributed by atoms with van der Waals surface area (Å²) >= 11 is 0. The molecule has 3 aromatic rings. The third kappa shape index (κ3) is 1.45. The van der Waals surface area contributed by atoms with Gasteiger partial charge in [0, 0.05) is 29.7 Å². The van der Waals surface area contributed by atoms with Gasteiger partial charge in [-0.3, -0.25) is 0 Å². The summed E-state index contributed by atoms with van der Waals surface area (Å²) in [5.74, 6) is 0. The van der Waals surface area contributed by atoms with Gasteiger partial charge < -0.3 is 9.30 Å². The number of rotatable bonds is 1. The molecule has 21 heavy (non-hydrogen) atoms. The Morgan fingerprint density at radius 1 is 0.952 bits per heavy atom. The van der Waals surface area contributed by atoms with Crippen molar-refractivity contribution in [1.82, 2.24) is 4.57 Å². The summed E-state index contributed by atoms with van der Waals surface area (Å²) in [6.07, 6.45) is 6.87. The molecule has 0 N–H and O–H groups in total. The van der Waals surface area contributed by atoms with E-state index in [1.54, 1.807) is 0 Å². The van der Waals surface area contributed by atoms with Crippen LogP contribution in [0.1, 0.15) is 23.3 Å². The summed E-state index contributed by atoms with van der Waals surface area (Å²) in [5, 5.41) is 1.31. The third-order valence-electron chi connectivity index (χ3n) is 4.65. The predicted molar refractivity (Wildman–Crippen MR) is 84.1 cm³/mol. The first-order valence-electron chi connectivity index (χ1n) is 7.33. The van der Waals surface area contributed by atoms with Gasteiger partial charge in [-0.1, -0.05) is 42.5 Å². The van der Waals surface area contributed by atoms with Crippen molar-refractivity contribution in [3.8, 4) is 11.1 Å². The van der Waals surface area contributed by atoms with Crippen LogP contribution in [0.3, 0.4) is 0 Å². The second kappa shape index (κ2) is 3.86. The van der Waals surface area contributed by atoms with E-state index in [1.165, 1.54) is 33.2 Å². The number of fused-ring (bicyclic) bond motifs is 6. The average Bonchev–Trinajstić information content (AvgIpc) is 3.21. The van der Waals surface area contributed by atoms with E-state index in [0.717, 1.165) is 0 Å². The van der Waals surface area contributed by atoms with Gasteiger partial charge in [0.25, 0.3) is 0 Å². The minimum atomic E-state index is 0.151. The molecule has 0 radical (unpaired) electrons. The lowest BCUT2D eigenvalue weighted by atomic mass is 9.93. The highest BCUT2D eigenvalue weighted by Gasteiger charge is 2.34. The summed E-state index contributed by atoms with van der Waals surface area (Å²) in [7, 11) is 2.12. The van der Waals surface area contributed by atoms with Crippen LogP contribution in [0.4, 0.5) is 0 Å². The Labute approximate surface area is 123 Å². The van der Waals surface area contributed by atoms with Crippen LogP contribution in [0, 0.1) is 0 Å². The molecule has 3 heterocycles. The van der Waals surface area contributed by atoms with Gasteiger partial charge in [-0.2, -0.15) is 0 Å². The SMILES string of the molecule is Cn1cc(-c2ccccc2)c2cc3c(cc21)C1C=CC3O1. The molecule has 0 saturated heterocycles. The molecule has 1 aromatic heterocycles. The first kappa shape index (κ1) is 11.4. The fourth-order valence-electron chi connectivity index (χ4n) is 3.61. The maximum atomic E-state index is 5.95. The first-order valence-corrected chi connectivity index (χ1v) is 7.33. The topological polar surface area (TPSA) is 14.2 Å². The predicted octanol–water partition coefficient (Wildman–Crippen LogP) is 4.53. The standard InChI is InChI=1S/C19H15NO/c1-20-11-16(12-5-3-2-4-6-12)13-9-14-15(10-17(13)20)19-8-7-18(14)21-19/h2-11,18-19H,1H3. The normalized spacial score (nSPS) is 22.1. The van der Waals surface area contributed by atoms with Crippen LogP contribution in [0.2, 0.25) is 0 Å². The molecule has 0 spiro atoms. The lowest BCUT2D eigenvalue weighted by Gasteiger charge is -2.08. The average molecular weight is 273 g/mol. The molecule has 5 rings (SSSR count). The molecule has 2 heteroatoms. The van der Waals surface area contributed by atoms with Crippen molar-refractivity contribution in [2.24, 2.45) is 7.05 Å². The van der Waals surface area contributed by atoms with E-state index in [9.17, 15) is 0 Å². The Bertz CT molecular complexity index is 889. The summed E-state index contributed by atoms with van der Waals surface area (Å²) in [6, 6.07) is 15.2. The molecule has 0 saturated carbocycles.